The van der Waals surface area contributed by atoms with Crippen molar-refractivity contribution in [3.63, 3.8) is 0 Å². The summed E-state index contributed by atoms with van der Waals surface area (Å²) in [5.74, 6) is 0.0162. The average Bonchev–Trinajstić information content (AvgIpc) is 3.27. The molecule has 136 valence electrons. The summed E-state index contributed by atoms with van der Waals surface area (Å²) in [7, 11) is 0. The highest BCUT2D eigenvalue weighted by Crippen LogP contribution is 2.34. The lowest BCUT2D eigenvalue weighted by Crippen LogP contribution is -2.49. The molecule has 26 heavy (non-hydrogen) atoms. The van der Waals surface area contributed by atoms with Crippen LogP contribution in [-0.2, 0) is 11.2 Å². The van der Waals surface area contributed by atoms with Crippen molar-refractivity contribution < 1.29 is 9.59 Å². The van der Waals surface area contributed by atoms with Crippen LogP contribution >= 0.6 is 11.3 Å². The number of amides is 3. The van der Waals surface area contributed by atoms with Crippen molar-refractivity contribution in [1.29, 1.82) is 0 Å². The molecule has 3 amide bonds. The molecule has 2 aliphatic rings. The normalized spacial score (nSPS) is 22.2. The largest absolute Gasteiger partial charge is 0.324 e. The number of urea groups is 1. The summed E-state index contributed by atoms with van der Waals surface area (Å²) < 4.78 is 0. The van der Waals surface area contributed by atoms with Gasteiger partial charge < -0.3 is 9.80 Å². The number of nitrogens with zero attached hydrogens (tertiary/aromatic N) is 2. The lowest BCUT2D eigenvalue weighted by atomic mass is 9.96. The van der Waals surface area contributed by atoms with Crippen molar-refractivity contribution in [3.05, 3.63) is 47.3 Å². The first-order chi connectivity index (χ1) is 12.6. The summed E-state index contributed by atoms with van der Waals surface area (Å²) in [4.78, 5) is 29.5. The zero-order valence-electron chi connectivity index (χ0n) is 14.9. The second-order valence-electron chi connectivity index (χ2n) is 7.08. The predicted molar refractivity (Wildman–Crippen MR) is 105 cm³/mol. The molecule has 4 rings (SSSR count). The summed E-state index contributed by atoms with van der Waals surface area (Å²) in [5.41, 5.74) is 2.27. The fraction of sp³-hybridized carbons (Fsp3) is 0.400. The van der Waals surface area contributed by atoms with E-state index in [4.69, 9.17) is 0 Å². The van der Waals surface area contributed by atoms with Gasteiger partial charge >= 0.3 is 6.03 Å². The molecule has 1 saturated heterocycles. The molecule has 1 N–H and O–H groups in total. The number of benzene rings is 1. The Balaban J connectivity index is 1.46. The molecule has 0 bridgehead atoms. The number of hydrogen-bond donors (Lipinski definition) is 1. The summed E-state index contributed by atoms with van der Waals surface area (Å²) in [5, 5.41) is 5.70. The van der Waals surface area contributed by atoms with Gasteiger partial charge in [-0.2, -0.15) is 0 Å². The van der Waals surface area contributed by atoms with Gasteiger partial charge in [-0.15, -0.1) is 11.3 Å². The summed E-state index contributed by atoms with van der Waals surface area (Å²) in [6.07, 6.45) is 2.60. The molecule has 1 aromatic carbocycles. The summed E-state index contributed by atoms with van der Waals surface area (Å²) >= 11 is 1.50. The number of hydrogen-bond acceptors (Lipinski definition) is 3. The Morgan fingerprint density at radius 3 is 2.85 bits per heavy atom. The first-order valence-electron chi connectivity index (χ1n) is 9.14. The van der Waals surface area contributed by atoms with Gasteiger partial charge in [0.15, 0.2) is 0 Å². The lowest BCUT2D eigenvalue weighted by molar-refractivity contribution is -0.123. The van der Waals surface area contributed by atoms with Gasteiger partial charge in [0.1, 0.15) is 0 Å². The molecule has 0 saturated carbocycles. The SMILES string of the molecule is CC1Cc2ccccc2N1C(=O)C1CCCN(C(=O)Nc2cccs2)C1. The van der Waals surface area contributed by atoms with E-state index < -0.39 is 0 Å². The lowest BCUT2D eigenvalue weighted by Gasteiger charge is -2.35. The minimum absolute atomic E-state index is 0.111. The zero-order valence-corrected chi connectivity index (χ0v) is 15.7. The molecular formula is C20H23N3O2S. The van der Waals surface area contributed by atoms with Crippen LogP contribution in [-0.4, -0.2) is 36.0 Å². The summed E-state index contributed by atoms with van der Waals surface area (Å²) in [6.45, 7) is 3.29. The monoisotopic (exact) mass is 369 g/mol. The highest BCUT2D eigenvalue weighted by atomic mass is 32.1. The molecule has 6 heteroatoms. The van der Waals surface area contributed by atoms with Crippen molar-refractivity contribution in [2.75, 3.05) is 23.3 Å². The molecule has 1 fully saturated rings. The van der Waals surface area contributed by atoms with E-state index in [1.54, 1.807) is 4.90 Å². The number of thiophene rings is 1. The fourth-order valence-corrected chi connectivity index (χ4v) is 4.60. The highest BCUT2D eigenvalue weighted by Gasteiger charge is 2.37. The van der Waals surface area contributed by atoms with Gasteiger partial charge in [0.2, 0.25) is 5.91 Å². The number of likely N-dealkylation sites (tertiary alicyclic amines) is 1. The number of rotatable bonds is 2. The number of nitrogens with one attached hydrogen (secondary N) is 1. The second kappa shape index (κ2) is 7.11. The van der Waals surface area contributed by atoms with Gasteiger partial charge in [-0.1, -0.05) is 18.2 Å². The molecule has 5 nitrogen and oxygen atoms in total. The van der Waals surface area contributed by atoms with Crippen LogP contribution in [0.1, 0.15) is 25.3 Å². The van der Waals surface area contributed by atoms with Crippen molar-refractivity contribution in [3.8, 4) is 0 Å². The highest BCUT2D eigenvalue weighted by molar-refractivity contribution is 7.14. The standard InChI is InChI=1S/C20H23N3O2S/c1-14-12-15-6-2-3-8-17(15)23(14)19(24)16-7-4-10-22(13-16)20(25)21-18-9-5-11-26-18/h2-3,5-6,8-9,11,14,16H,4,7,10,12-13H2,1H3,(H,21,25). The average molecular weight is 369 g/mol. The molecular weight excluding hydrogens is 346 g/mol. The van der Waals surface area contributed by atoms with Gasteiger partial charge in [-0.3, -0.25) is 10.1 Å². The Bertz CT molecular complexity index is 805. The van der Waals surface area contributed by atoms with Crippen LogP contribution in [0.3, 0.4) is 0 Å². The number of para-hydroxylation sites is 1. The van der Waals surface area contributed by atoms with Gasteiger partial charge in [0, 0.05) is 24.8 Å². The molecule has 0 radical (unpaired) electrons. The number of anilines is 2. The number of fused-ring (bicyclic) bond motifs is 1. The van der Waals surface area contributed by atoms with E-state index >= 15 is 0 Å². The number of carbonyl (C=O) groups is 2. The molecule has 0 spiro atoms. The quantitative estimate of drug-likeness (QED) is 0.871. The molecule has 2 unspecified atom stereocenters. The topological polar surface area (TPSA) is 52.7 Å². The van der Waals surface area contributed by atoms with Crippen molar-refractivity contribution in [2.45, 2.75) is 32.2 Å². The molecule has 1 aromatic heterocycles. The molecule has 2 aromatic rings. The third-order valence-corrected chi connectivity index (χ3v) is 6.04. The predicted octanol–water partition coefficient (Wildman–Crippen LogP) is 3.97. The maximum atomic E-state index is 13.2. The van der Waals surface area contributed by atoms with E-state index in [0.717, 1.165) is 30.0 Å². The van der Waals surface area contributed by atoms with Crippen LogP contribution < -0.4 is 10.2 Å². The van der Waals surface area contributed by atoms with E-state index in [9.17, 15) is 9.59 Å². The Morgan fingerprint density at radius 2 is 2.04 bits per heavy atom. The number of piperidine rings is 1. The van der Waals surface area contributed by atoms with Gasteiger partial charge in [-0.05, 0) is 55.3 Å². The maximum absolute atomic E-state index is 13.2. The second-order valence-corrected chi connectivity index (χ2v) is 8.03. The molecule has 2 aliphatic heterocycles. The maximum Gasteiger partial charge on any atom is 0.322 e. The minimum Gasteiger partial charge on any atom is -0.324 e. The molecule has 0 aliphatic carbocycles. The van der Waals surface area contributed by atoms with Gasteiger partial charge in [0.25, 0.3) is 0 Å². The van der Waals surface area contributed by atoms with Crippen molar-refractivity contribution in [1.82, 2.24) is 4.90 Å². The summed E-state index contributed by atoms with van der Waals surface area (Å²) in [6, 6.07) is 12.0. The van der Waals surface area contributed by atoms with Crippen LogP contribution in [0.15, 0.2) is 41.8 Å². The van der Waals surface area contributed by atoms with Crippen LogP contribution in [0.2, 0.25) is 0 Å². The smallest absolute Gasteiger partial charge is 0.322 e. The van der Waals surface area contributed by atoms with Crippen molar-refractivity contribution in [2.24, 2.45) is 5.92 Å². The van der Waals surface area contributed by atoms with Crippen molar-refractivity contribution >= 4 is 34.0 Å². The van der Waals surface area contributed by atoms with E-state index in [0.29, 0.717) is 13.1 Å². The van der Waals surface area contributed by atoms with E-state index in [1.807, 2.05) is 40.6 Å². The Morgan fingerprint density at radius 1 is 1.19 bits per heavy atom. The zero-order chi connectivity index (χ0) is 18.1. The van der Waals surface area contributed by atoms with E-state index in [2.05, 4.69) is 18.3 Å². The molecule has 2 atom stereocenters. The Labute approximate surface area is 157 Å². The van der Waals surface area contributed by atoms with E-state index in [-0.39, 0.29) is 23.9 Å². The van der Waals surface area contributed by atoms with Gasteiger partial charge in [-0.25, -0.2) is 4.79 Å². The minimum atomic E-state index is -0.133. The number of carbonyl (C=O) groups excluding carboxylic acids is 2. The first-order valence-corrected chi connectivity index (χ1v) is 10.0. The third kappa shape index (κ3) is 3.21. The van der Waals surface area contributed by atoms with Crippen LogP contribution in [0, 0.1) is 5.92 Å². The third-order valence-electron chi connectivity index (χ3n) is 5.25. The molecule has 3 heterocycles. The Kier molecular flexibility index (Phi) is 4.68. The van der Waals surface area contributed by atoms with Gasteiger partial charge in [0.05, 0.1) is 10.9 Å². The van der Waals surface area contributed by atoms with Crippen LogP contribution in [0.25, 0.3) is 0 Å². The Hall–Kier alpha value is -2.34. The first kappa shape index (κ1) is 17.1. The fourth-order valence-electron chi connectivity index (χ4n) is 4.00. The van der Waals surface area contributed by atoms with Crippen LogP contribution in [0.5, 0.6) is 0 Å². The van der Waals surface area contributed by atoms with Crippen LogP contribution in [0.4, 0.5) is 15.5 Å². The van der Waals surface area contributed by atoms with E-state index in [1.165, 1.54) is 16.9 Å².